The fraction of sp³-hybridized carbons (Fsp3) is 0.500. The molecule has 1 amide bonds. The predicted molar refractivity (Wildman–Crippen MR) is 90.4 cm³/mol. The molecule has 128 valence electrons. The molecule has 1 aliphatic rings. The van der Waals surface area contributed by atoms with Crippen molar-refractivity contribution in [3.63, 3.8) is 0 Å². The number of pyridine rings is 1. The lowest BCUT2D eigenvalue weighted by atomic mass is 10.1. The van der Waals surface area contributed by atoms with E-state index in [2.05, 4.69) is 10.3 Å². The van der Waals surface area contributed by atoms with Crippen molar-refractivity contribution in [1.82, 2.24) is 24.3 Å². The minimum atomic E-state index is -0.600. The van der Waals surface area contributed by atoms with Crippen molar-refractivity contribution < 1.29 is 4.79 Å². The molecule has 2 aromatic rings. The smallest absolute Gasteiger partial charge is 0.318 e. The zero-order chi connectivity index (χ0) is 17.4. The first kappa shape index (κ1) is 16.4. The number of carbonyl (C=O) groups is 1. The van der Waals surface area contributed by atoms with Gasteiger partial charge in [0.05, 0.1) is 11.1 Å². The standard InChI is InChI=1S/C16H21N5O3/c1-19(2)14(22)10-8-12-13(18-9-10)21(11-4-6-17-7-5-11)16(24)15(23)20(12)3/h8-9,11,17H,4-7H2,1-3H3. The molecular formula is C16H21N5O3. The molecule has 0 saturated carbocycles. The highest BCUT2D eigenvalue weighted by molar-refractivity contribution is 5.96. The molecule has 3 rings (SSSR count). The maximum absolute atomic E-state index is 12.5. The van der Waals surface area contributed by atoms with Crippen LogP contribution in [0.15, 0.2) is 21.9 Å². The van der Waals surface area contributed by atoms with Crippen LogP contribution in [0.5, 0.6) is 0 Å². The van der Waals surface area contributed by atoms with E-state index in [0.29, 0.717) is 16.7 Å². The zero-order valence-electron chi connectivity index (χ0n) is 14.1. The number of fused-ring (bicyclic) bond motifs is 1. The van der Waals surface area contributed by atoms with Gasteiger partial charge in [0.25, 0.3) is 5.91 Å². The summed E-state index contributed by atoms with van der Waals surface area (Å²) in [6, 6.07) is 1.57. The van der Waals surface area contributed by atoms with Crippen molar-refractivity contribution >= 4 is 17.1 Å². The maximum atomic E-state index is 12.5. The minimum absolute atomic E-state index is 0.0574. The fourth-order valence-electron chi connectivity index (χ4n) is 3.11. The van der Waals surface area contributed by atoms with Gasteiger partial charge in [-0.15, -0.1) is 0 Å². The Morgan fingerprint density at radius 1 is 1.25 bits per heavy atom. The minimum Gasteiger partial charge on any atom is -0.345 e. The molecule has 3 heterocycles. The van der Waals surface area contributed by atoms with Gasteiger partial charge in [-0.2, -0.15) is 0 Å². The summed E-state index contributed by atoms with van der Waals surface area (Å²) in [6.07, 6.45) is 3.00. The number of amides is 1. The van der Waals surface area contributed by atoms with Gasteiger partial charge in [0.1, 0.15) is 0 Å². The molecule has 8 heteroatoms. The average molecular weight is 331 g/mol. The highest BCUT2D eigenvalue weighted by Crippen LogP contribution is 2.21. The van der Waals surface area contributed by atoms with Crippen molar-refractivity contribution in [2.75, 3.05) is 27.2 Å². The molecule has 0 aromatic carbocycles. The second kappa shape index (κ2) is 6.20. The summed E-state index contributed by atoms with van der Waals surface area (Å²) in [5, 5.41) is 3.25. The van der Waals surface area contributed by atoms with E-state index in [-0.39, 0.29) is 11.9 Å². The van der Waals surface area contributed by atoms with E-state index < -0.39 is 11.1 Å². The third-order valence-electron chi connectivity index (χ3n) is 4.47. The van der Waals surface area contributed by atoms with Crippen LogP contribution in [0.1, 0.15) is 29.2 Å². The molecule has 1 saturated heterocycles. The third-order valence-corrected chi connectivity index (χ3v) is 4.47. The molecule has 2 aromatic heterocycles. The van der Waals surface area contributed by atoms with Crippen molar-refractivity contribution in [2.45, 2.75) is 18.9 Å². The van der Waals surface area contributed by atoms with E-state index in [1.807, 2.05) is 0 Å². The van der Waals surface area contributed by atoms with Gasteiger partial charge in [0.2, 0.25) is 0 Å². The SMILES string of the molecule is CN(C)C(=O)c1cnc2c(c1)n(C)c(=O)c(=O)n2C1CCNCC1. The summed E-state index contributed by atoms with van der Waals surface area (Å²) >= 11 is 0. The number of carbonyl (C=O) groups excluding carboxylic acids is 1. The number of hydrogen-bond donors (Lipinski definition) is 1. The Bertz CT molecular complexity index is 906. The van der Waals surface area contributed by atoms with E-state index >= 15 is 0 Å². The van der Waals surface area contributed by atoms with Crippen LogP contribution in [0.4, 0.5) is 0 Å². The van der Waals surface area contributed by atoms with Gasteiger partial charge < -0.3 is 14.8 Å². The van der Waals surface area contributed by atoms with Crippen molar-refractivity contribution in [1.29, 1.82) is 0 Å². The van der Waals surface area contributed by atoms with Crippen molar-refractivity contribution in [3.8, 4) is 0 Å². The molecule has 0 atom stereocenters. The Morgan fingerprint density at radius 2 is 1.92 bits per heavy atom. The summed E-state index contributed by atoms with van der Waals surface area (Å²) < 4.78 is 2.77. The molecule has 24 heavy (non-hydrogen) atoms. The molecule has 0 aliphatic carbocycles. The predicted octanol–water partition coefficient (Wildman–Crippen LogP) is -0.278. The van der Waals surface area contributed by atoms with Gasteiger partial charge in [-0.05, 0) is 32.0 Å². The van der Waals surface area contributed by atoms with Crippen molar-refractivity contribution in [2.24, 2.45) is 7.05 Å². The Balaban J connectivity index is 2.27. The molecule has 8 nitrogen and oxygen atoms in total. The third kappa shape index (κ3) is 2.62. The van der Waals surface area contributed by atoms with E-state index in [1.165, 1.54) is 27.3 Å². The molecular weight excluding hydrogens is 310 g/mol. The molecule has 1 N–H and O–H groups in total. The Labute approximate surface area is 138 Å². The fourth-order valence-corrected chi connectivity index (χ4v) is 3.11. The number of nitrogens with one attached hydrogen (secondary N) is 1. The summed E-state index contributed by atoms with van der Waals surface area (Å²) in [7, 11) is 4.84. The molecule has 1 aliphatic heterocycles. The van der Waals surface area contributed by atoms with E-state index in [9.17, 15) is 14.4 Å². The van der Waals surface area contributed by atoms with Crippen LogP contribution in [0.2, 0.25) is 0 Å². The topological polar surface area (TPSA) is 89.2 Å². The summed E-state index contributed by atoms with van der Waals surface area (Å²) in [5.74, 6) is -0.198. The molecule has 0 radical (unpaired) electrons. The Kier molecular flexibility index (Phi) is 4.23. The van der Waals surface area contributed by atoms with Crippen LogP contribution in [0, 0.1) is 0 Å². The number of rotatable bonds is 2. The van der Waals surface area contributed by atoms with Crippen LogP contribution < -0.4 is 16.4 Å². The van der Waals surface area contributed by atoms with E-state index in [1.54, 1.807) is 20.2 Å². The number of hydrogen-bond acceptors (Lipinski definition) is 5. The molecule has 1 fully saturated rings. The molecule has 0 unspecified atom stereocenters. The van der Waals surface area contributed by atoms with Crippen molar-refractivity contribution in [3.05, 3.63) is 38.5 Å². The maximum Gasteiger partial charge on any atom is 0.318 e. The van der Waals surface area contributed by atoms with E-state index in [4.69, 9.17) is 0 Å². The highest BCUT2D eigenvalue weighted by atomic mass is 16.2. The van der Waals surface area contributed by atoms with Crippen LogP contribution in [-0.2, 0) is 7.05 Å². The lowest BCUT2D eigenvalue weighted by molar-refractivity contribution is 0.0827. The van der Waals surface area contributed by atoms with Gasteiger partial charge in [-0.1, -0.05) is 0 Å². The second-order valence-corrected chi connectivity index (χ2v) is 6.29. The van der Waals surface area contributed by atoms with Crippen LogP contribution in [0.3, 0.4) is 0 Å². The largest absolute Gasteiger partial charge is 0.345 e. The van der Waals surface area contributed by atoms with Gasteiger partial charge in [-0.3, -0.25) is 19.0 Å². The average Bonchev–Trinajstić information content (AvgIpc) is 2.60. The van der Waals surface area contributed by atoms with Crippen LogP contribution in [-0.4, -0.2) is 52.1 Å². The number of piperidine rings is 1. The lowest BCUT2D eigenvalue weighted by Crippen LogP contribution is -2.44. The summed E-state index contributed by atoms with van der Waals surface area (Å²) in [4.78, 5) is 42.8. The van der Waals surface area contributed by atoms with Gasteiger partial charge in [0, 0.05) is 33.4 Å². The first-order chi connectivity index (χ1) is 11.4. The lowest BCUT2D eigenvalue weighted by Gasteiger charge is -2.26. The van der Waals surface area contributed by atoms with Crippen LogP contribution in [0.25, 0.3) is 11.2 Å². The van der Waals surface area contributed by atoms with Gasteiger partial charge in [-0.25, -0.2) is 4.98 Å². The molecule has 0 spiro atoms. The normalized spacial score (nSPS) is 15.6. The Hall–Kier alpha value is -2.48. The van der Waals surface area contributed by atoms with Gasteiger partial charge >= 0.3 is 11.1 Å². The monoisotopic (exact) mass is 331 g/mol. The van der Waals surface area contributed by atoms with E-state index in [0.717, 1.165) is 25.9 Å². The quantitative estimate of drug-likeness (QED) is 0.765. The summed E-state index contributed by atoms with van der Waals surface area (Å²) in [6.45, 7) is 1.59. The van der Waals surface area contributed by atoms with Gasteiger partial charge in [0.15, 0.2) is 5.65 Å². The van der Waals surface area contributed by atoms with Crippen LogP contribution >= 0.6 is 0 Å². The highest BCUT2D eigenvalue weighted by Gasteiger charge is 2.22. The molecule has 0 bridgehead atoms. The summed E-state index contributed by atoms with van der Waals surface area (Å²) in [5.41, 5.74) is 0.168. The first-order valence-corrected chi connectivity index (χ1v) is 7.95. The Morgan fingerprint density at radius 3 is 2.54 bits per heavy atom. The number of nitrogens with zero attached hydrogens (tertiary/aromatic N) is 4. The number of aryl methyl sites for hydroxylation is 1. The first-order valence-electron chi connectivity index (χ1n) is 7.95. The zero-order valence-corrected chi connectivity index (χ0v) is 14.1. The number of aromatic nitrogens is 3. The second-order valence-electron chi connectivity index (χ2n) is 6.29.